The second-order valence-corrected chi connectivity index (χ2v) is 6.17. The number of fused-ring (bicyclic) bond motifs is 1. The van der Waals surface area contributed by atoms with E-state index in [1.165, 1.54) is 0 Å². The van der Waals surface area contributed by atoms with Gasteiger partial charge in [-0.05, 0) is 24.6 Å². The predicted molar refractivity (Wildman–Crippen MR) is 63.6 cm³/mol. The summed E-state index contributed by atoms with van der Waals surface area (Å²) in [6, 6.07) is 3.21. The topological polar surface area (TPSA) is 76.4 Å². The molecule has 2 aromatic rings. The Kier molecular flexibility index (Phi) is 2.51. The number of hydrogen-bond acceptors (Lipinski definition) is 5. The van der Waals surface area contributed by atoms with Gasteiger partial charge in [-0.3, -0.25) is 4.72 Å². The predicted octanol–water partition coefficient (Wildman–Crippen LogP) is 1.53. The monoisotopic (exact) mass is 259 g/mol. The van der Waals surface area contributed by atoms with Gasteiger partial charge in [-0.15, -0.1) is 0 Å². The highest BCUT2D eigenvalue weighted by Crippen LogP contribution is 2.25. The third-order valence-electron chi connectivity index (χ3n) is 1.92. The molecule has 86 valence electrons. The summed E-state index contributed by atoms with van der Waals surface area (Å²) >= 11 is 0.949. The van der Waals surface area contributed by atoms with E-state index in [1.54, 1.807) is 19.1 Å². The lowest BCUT2D eigenvalue weighted by Crippen LogP contribution is -2.09. The van der Waals surface area contributed by atoms with E-state index < -0.39 is 15.0 Å². The van der Waals surface area contributed by atoms with Crippen molar-refractivity contribution in [2.24, 2.45) is 0 Å². The Hall–Kier alpha value is -1.34. The first kappa shape index (κ1) is 11.2. The maximum Gasteiger partial charge on any atom is 0.396 e. The van der Waals surface area contributed by atoms with E-state index in [0.29, 0.717) is 16.0 Å². The average molecular weight is 259 g/mol. The first-order valence-corrected chi connectivity index (χ1v) is 7.08. The summed E-state index contributed by atoms with van der Waals surface area (Å²) in [5, 5.41) is 0. The number of hydrogen-bond donors (Lipinski definition) is 1. The van der Waals surface area contributed by atoms with Gasteiger partial charge >= 0.3 is 4.94 Å². The van der Waals surface area contributed by atoms with E-state index in [0.717, 1.165) is 23.2 Å². The van der Waals surface area contributed by atoms with Crippen molar-refractivity contribution in [3.8, 4) is 0 Å². The molecular weight excluding hydrogens is 250 g/mol. The number of rotatable bonds is 2. The molecule has 0 amide bonds. The zero-order valence-electron chi connectivity index (χ0n) is 8.60. The molecule has 0 aliphatic carbocycles. The second-order valence-electron chi connectivity index (χ2n) is 3.45. The van der Waals surface area contributed by atoms with Crippen molar-refractivity contribution in [1.29, 1.82) is 0 Å². The molecule has 0 saturated carbocycles. The zero-order valence-corrected chi connectivity index (χ0v) is 10.2. The van der Waals surface area contributed by atoms with Gasteiger partial charge in [0, 0.05) is 0 Å². The minimum Gasteiger partial charge on any atom is -0.414 e. The van der Waals surface area contributed by atoms with Crippen molar-refractivity contribution < 1.29 is 12.8 Å². The Labute approximate surface area is 95.8 Å². The van der Waals surface area contributed by atoms with Crippen molar-refractivity contribution in [1.82, 2.24) is 0 Å². The van der Waals surface area contributed by atoms with E-state index in [-0.39, 0.29) is 0 Å². The fourth-order valence-corrected chi connectivity index (χ4v) is 2.75. The van der Waals surface area contributed by atoms with Crippen LogP contribution >= 0.6 is 11.3 Å². The SMILES string of the molecule is Cc1cc(NS(C)(=O)=O)cc2sc(=O)oc12. The lowest BCUT2D eigenvalue weighted by Gasteiger charge is -2.04. The van der Waals surface area contributed by atoms with Crippen LogP contribution < -0.4 is 9.66 Å². The highest BCUT2D eigenvalue weighted by Gasteiger charge is 2.09. The van der Waals surface area contributed by atoms with Gasteiger partial charge in [0.2, 0.25) is 10.0 Å². The maximum absolute atomic E-state index is 11.1. The lowest BCUT2D eigenvalue weighted by molar-refractivity contribution is 0.583. The molecule has 0 aliphatic heterocycles. The summed E-state index contributed by atoms with van der Waals surface area (Å²) in [7, 11) is -3.31. The average Bonchev–Trinajstić information content (AvgIpc) is 2.42. The molecule has 0 bridgehead atoms. The van der Waals surface area contributed by atoms with Gasteiger partial charge in [0.05, 0.1) is 16.6 Å². The van der Waals surface area contributed by atoms with E-state index >= 15 is 0 Å². The van der Waals surface area contributed by atoms with Crippen LogP contribution in [0.25, 0.3) is 10.3 Å². The normalized spacial score (nSPS) is 11.9. The number of nitrogens with one attached hydrogen (secondary N) is 1. The molecule has 2 rings (SSSR count). The van der Waals surface area contributed by atoms with Gasteiger partial charge in [-0.25, -0.2) is 13.2 Å². The highest BCUT2D eigenvalue weighted by molar-refractivity contribution is 7.92. The van der Waals surface area contributed by atoms with Gasteiger partial charge in [0.15, 0.2) is 5.58 Å². The van der Waals surface area contributed by atoms with Crippen molar-refractivity contribution in [3.63, 3.8) is 0 Å². The molecular formula is C9H9NO4S2. The molecule has 0 saturated heterocycles. The third kappa shape index (κ3) is 2.25. The Balaban J connectivity index is 2.62. The van der Waals surface area contributed by atoms with E-state index in [1.807, 2.05) is 0 Å². The molecule has 0 unspecified atom stereocenters. The smallest absolute Gasteiger partial charge is 0.396 e. The summed E-state index contributed by atoms with van der Waals surface area (Å²) in [5.41, 5.74) is 1.67. The van der Waals surface area contributed by atoms with Crippen LogP contribution in [-0.4, -0.2) is 14.7 Å². The van der Waals surface area contributed by atoms with Crippen LogP contribution in [0.5, 0.6) is 0 Å². The molecule has 1 aromatic heterocycles. The Bertz CT molecular complexity index is 696. The quantitative estimate of drug-likeness (QED) is 0.887. The van der Waals surface area contributed by atoms with E-state index in [2.05, 4.69) is 4.72 Å². The molecule has 0 fully saturated rings. The van der Waals surface area contributed by atoms with Crippen LogP contribution in [0.2, 0.25) is 0 Å². The molecule has 5 nitrogen and oxygen atoms in total. The van der Waals surface area contributed by atoms with Gasteiger partial charge < -0.3 is 4.42 Å². The summed E-state index contributed by atoms with van der Waals surface area (Å²) in [6.45, 7) is 1.76. The van der Waals surface area contributed by atoms with Gasteiger partial charge in [0.1, 0.15) is 0 Å². The first-order valence-electron chi connectivity index (χ1n) is 4.37. The first-order chi connectivity index (χ1) is 7.35. The minimum absolute atomic E-state index is 0.394. The summed E-state index contributed by atoms with van der Waals surface area (Å²) in [5.74, 6) is 0. The lowest BCUT2D eigenvalue weighted by atomic mass is 10.2. The summed E-state index contributed by atoms with van der Waals surface area (Å²) < 4.78 is 30.1. The van der Waals surface area contributed by atoms with E-state index in [4.69, 9.17) is 4.42 Å². The fourth-order valence-electron chi connectivity index (χ4n) is 1.42. The molecule has 1 heterocycles. The van der Waals surface area contributed by atoms with Crippen molar-refractivity contribution in [3.05, 3.63) is 27.4 Å². The Morgan fingerprint density at radius 1 is 1.38 bits per heavy atom. The number of benzene rings is 1. The molecule has 16 heavy (non-hydrogen) atoms. The van der Waals surface area contributed by atoms with Gasteiger partial charge in [-0.2, -0.15) is 0 Å². The largest absolute Gasteiger partial charge is 0.414 e. The van der Waals surface area contributed by atoms with E-state index in [9.17, 15) is 13.2 Å². The molecule has 0 atom stereocenters. The van der Waals surface area contributed by atoms with Crippen LogP contribution in [0.1, 0.15) is 5.56 Å². The van der Waals surface area contributed by atoms with Gasteiger partial charge in [-0.1, -0.05) is 11.3 Å². The molecule has 0 radical (unpaired) electrons. The highest BCUT2D eigenvalue weighted by atomic mass is 32.2. The Morgan fingerprint density at radius 2 is 2.06 bits per heavy atom. The molecule has 1 N–H and O–H groups in total. The number of sulfonamides is 1. The molecule has 1 aromatic carbocycles. The van der Waals surface area contributed by atoms with Crippen LogP contribution in [0.15, 0.2) is 21.3 Å². The van der Waals surface area contributed by atoms with Crippen LogP contribution in [0, 0.1) is 6.92 Å². The molecule has 0 aliphatic rings. The minimum atomic E-state index is -3.31. The fraction of sp³-hybridized carbons (Fsp3) is 0.222. The van der Waals surface area contributed by atoms with Crippen molar-refractivity contribution in [2.75, 3.05) is 11.0 Å². The molecule has 7 heteroatoms. The van der Waals surface area contributed by atoms with Crippen LogP contribution in [0.4, 0.5) is 5.69 Å². The van der Waals surface area contributed by atoms with Crippen LogP contribution in [-0.2, 0) is 10.0 Å². The summed E-state index contributed by atoms with van der Waals surface area (Å²) in [4.78, 5) is 10.7. The standard InChI is InChI=1S/C9H9NO4S2/c1-5-3-6(10-16(2,12)13)4-7-8(5)14-9(11)15-7/h3-4,10H,1-2H3. The summed E-state index contributed by atoms with van der Waals surface area (Å²) in [6.07, 6.45) is 1.07. The van der Waals surface area contributed by atoms with Crippen molar-refractivity contribution >= 4 is 37.3 Å². The second kappa shape index (κ2) is 3.60. The molecule has 0 spiro atoms. The number of anilines is 1. The zero-order chi connectivity index (χ0) is 11.9. The maximum atomic E-state index is 11.1. The number of aryl methyl sites for hydroxylation is 1. The van der Waals surface area contributed by atoms with Gasteiger partial charge in [0.25, 0.3) is 0 Å². The van der Waals surface area contributed by atoms with Crippen molar-refractivity contribution in [2.45, 2.75) is 6.92 Å². The van der Waals surface area contributed by atoms with Crippen LogP contribution in [0.3, 0.4) is 0 Å². The third-order valence-corrected chi connectivity index (χ3v) is 3.30. The Morgan fingerprint density at radius 3 is 2.69 bits per heavy atom.